The maximum atomic E-state index is 13.8. The molecule has 0 aliphatic carbocycles. The molecule has 18 heavy (non-hydrogen) atoms. The number of likely N-dealkylation sites (N-methyl/N-ethyl adjacent to an activating group) is 1. The summed E-state index contributed by atoms with van der Waals surface area (Å²) in [5, 5.41) is 13.9. The highest BCUT2D eigenvalue weighted by Gasteiger charge is 2.19. The first-order valence-corrected chi connectivity index (χ1v) is 5.96. The number of hydrogen-bond donors (Lipinski definition) is 1. The van der Waals surface area contributed by atoms with Crippen LogP contribution in [0.15, 0.2) is 18.2 Å². The summed E-state index contributed by atoms with van der Waals surface area (Å²) in [4.78, 5) is 11.7. The minimum absolute atomic E-state index is 0.219. The van der Waals surface area contributed by atoms with Crippen molar-refractivity contribution in [3.63, 3.8) is 0 Å². The van der Waals surface area contributed by atoms with E-state index in [1.165, 1.54) is 12.1 Å². The van der Waals surface area contributed by atoms with E-state index in [2.05, 4.69) is 5.32 Å². The fourth-order valence-corrected chi connectivity index (χ4v) is 2.26. The molecule has 1 fully saturated rings. The van der Waals surface area contributed by atoms with Crippen molar-refractivity contribution in [2.45, 2.75) is 18.9 Å². The van der Waals surface area contributed by atoms with Crippen LogP contribution in [-0.2, 0) is 0 Å². The van der Waals surface area contributed by atoms with E-state index >= 15 is 0 Å². The molecular weight excluding hydrogens is 237 g/mol. The third-order valence-corrected chi connectivity index (χ3v) is 3.21. The molecule has 1 aromatic carbocycles. The van der Waals surface area contributed by atoms with Gasteiger partial charge in [-0.3, -0.25) is 10.1 Å². The highest BCUT2D eigenvalue weighted by atomic mass is 19.1. The van der Waals surface area contributed by atoms with Gasteiger partial charge in [-0.05, 0) is 25.5 Å². The molecule has 0 saturated carbocycles. The molecule has 1 aliphatic rings. The van der Waals surface area contributed by atoms with Crippen molar-refractivity contribution in [1.82, 2.24) is 5.32 Å². The highest BCUT2D eigenvalue weighted by molar-refractivity contribution is 5.51. The smallest absolute Gasteiger partial charge is 0.272 e. The van der Waals surface area contributed by atoms with Crippen molar-refractivity contribution in [1.29, 1.82) is 0 Å². The lowest BCUT2D eigenvalue weighted by atomic mass is 10.2. The molecule has 5 nitrogen and oxygen atoms in total. The summed E-state index contributed by atoms with van der Waals surface area (Å²) in [6.07, 6.45) is 2.22. The van der Waals surface area contributed by atoms with Crippen LogP contribution in [0.25, 0.3) is 0 Å². The summed E-state index contributed by atoms with van der Waals surface area (Å²) in [6, 6.07) is 4.12. The van der Waals surface area contributed by atoms with Gasteiger partial charge < -0.3 is 10.2 Å². The van der Waals surface area contributed by atoms with Crippen molar-refractivity contribution < 1.29 is 9.31 Å². The topological polar surface area (TPSA) is 58.4 Å². The molecule has 1 saturated heterocycles. The van der Waals surface area contributed by atoms with Crippen LogP contribution in [-0.4, -0.2) is 31.1 Å². The summed E-state index contributed by atoms with van der Waals surface area (Å²) in [6.45, 7) is 1.70. The Balaban J connectivity index is 2.09. The Kier molecular flexibility index (Phi) is 3.76. The second-order valence-corrected chi connectivity index (χ2v) is 4.57. The van der Waals surface area contributed by atoms with Gasteiger partial charge in [-0.25, -0.2) is 4.39 Å². The second-order valence-electron chi connectivity index (χ2n) is 4.57. The maximum absolute atomic E-state index is 13.8. The van der Waals surface area contributed by atoms with Crippen molar-refractivity contribution in [2.75, 3.05) is 25.0 Å². The van der Waals surface area contributed by atoms with E-state index in [0.717, 1.165) is 25.5 Å². The zero-order valence-corrected chi connectivity index (χ0v) is 10.2. The van der Waals surface area contributed by atoms with E-state index in [1.807, 2.05) is 0 Å². The Bertz CT molecular complexity index is 447. The average molecular weight is 253 g/mol. The Morgan fingerprint density at radius 2 is 2.39 bits per heavy atom. The van der Waals surface area contributed by atoms with Gasteiger partial charge >= 0.3 is 0 Å². The number of nitro groups is 1. The molecule has 6 heteroatoms. The first kappa shape index (κ1) is 12.8. The lowest BCUT2D eigenvalue weighted by Crippen LogP contribution is -2.35. The number of nitrogens with one attached hydrogen (secondary N) is 1. The Morgan fingerprint density at radius 3 is 2.94 bits per heavy atom. The summed E-state index contributed by atoms with van der Waals surface area (Å²) in [5.41, 5.74) is 0.179. The van der Waals surface area contributed by atoms with Crippen LogP contribution in [0.3, 0.4) is 0 Å². The zero-order valence-electron chi connectivity index (χ0n) is 10.2. The fourth-order valence-electron chi connectivity index (χ4n) is 2.26. The average Bonchev–Trinajstić information content (AvgIpc) is 2.81. The fraction of sp³-hybridized carbons (Fsp3) is 0.500. The second kappa shape index (κ2) is 5.30. The monoisotopic (exact) mass is 253 g/mol. The van der Waals surface area contributed by atoms with E-state index < -0.39 is 10.7 Å². The van der Waals surface area contributed by atoms with Crippen molar-refractivity contribution in [3.8, 4) is 0 Å². The molecule has 1 aliphatic heterocycles. The largest absolute Gasteiger partial charge is 0.371 e. The normalized spacial score (nSPS) is 18.9. The molecule has 1 heterocycles. The van der Waals surface area contributed by atoms with Gasteiger partial charge in [0.2, 0.25) is 0 Å². The van der Waals surface area contributed by atoms with E-state index in [-0.39, 0.29) is 5.69 Å². The van der Waals surface area contributed by atoms with E-state index in [0.29, 0.717) is 18.3 Å². The number of anilines is 1. The number of non-ortho nitro benzene ring substituents is 1. The molecule has 1 unspecified atom stereocenters. The third kappa shape index (κ3) is 2.76. The Morgan fingerprint density at radius 1 is 1.61 bits per heavy atom. The lowest BCUT2D eigenvalue weighted by Gasteiger charge is -2.23. The third-order valence-electron chi connectivity index (χ3n) is 3.21. The van der Waals surface area contributed by atoms with E-state index in [1.54, 1.807) is 11.9 Å². The number of hydrogen-bond acceptors (Lipinski definition) is 4. The standard InChI is InChI=1S/C12H16FN3O2/c1-15(8-9-3-2-6-14-9)12-5-4-10(16(17)18)7-11(12)13/h4-5,7,9,14H,2-3,6,8H2,1H3. The maximum Gasteiger partial charge on any atom is 0.272 e. The van der Waals surface area contributed by atoms with Crippen LogP contribution in [0.4, 0.5) is 15.8 Å². The molecule has 2 rings (SSSR count). The SMILES string of the molecule is CN(CC1CCCN1)c1ccc([N+](=O)[O-])cc1F. The van der Waals surface area contributed by atoms with Crippen LogP contribution in [0.5, 0.6) is 0 Å². The number of nitrogens with zero attached hydrogens (tertiary/aromatic N) is 2. The van der Waals surface area contributed by atoms with Gasteiger partial charge in [0.15, 0.2) is 5.82 Å². The van der Waals surface area contributed by atoms with Crippen LogP contribution in [0.2, 0.25) is 0 Å². The first-order chi connectivity index (χ1) is 8.58. The van der Waals surface area contributed by atoms with Gasteiger partial charge in [-0.2, -0.15) is 0 Å². The van der Waals surface area contributed by atoms with E-state index in [4.69, 9.17) is 0 Å². The van der Waals surface area contributed by atoms with Crippen molar-refractivity contribution in [2.24, 2.45) is 0 Å². The van der Waals surface area contributed by atoms with Gasteiger partial charge in [0.25, 0.3) is 5.69 Å². The predicted octanol–water partition coefficient (Wildman–Crippen LogP) is 1.92. The number of rotatable bonds is 4. The Hall–Kier alpha value is -1.69. The van der Waals surface area contributed by atoms with Gasteiger partial charge in [-0.1, -0.05) is 0 Å². The highest BCUT2D eigenvalue weighted by Crippen LogP contribution is 2.23. The number of benzene rings is 1. The first-order valence-electron chi connectivity index (χ1n) is 5.96. The lowest BCUT2D eigenvalue weighted by molar-refractivity contribution is -0.385. The van der Waals surface area contributed by atoms with Crippen LogP contribution in [0, 0.1) is 15.9 Å². The molecule has 98 valence electrons. The van der Waals surface area contributed by atoms with Gasteiger partial charge in [0, 0.05) is 25.7 Å². The van der Waals surface area contributed by atoms with Gasteiger partial charge in [-0.15, -0.1) is 0 Å². The minimum Gasteiger partial charge on any atom is -0.371 e. The number of nitro benzene ring substituents is 1. The van der Waals surface area contributed by atoms with Crippen LogP contribution >= 0.6 is 0 Å². The van der Waals surface area contributed by atoms with Gasteiger partial charge in [0.1, 0.15) is 0 Å². The van der Waals surface area contributed by atoms with Crippen LogP contribution < -0.4 is 10.2 Å². The quantitative estimate of drug-likeness (QED) is 0.658. The molecule has 0 spiro atoms. The molecular formula is C12H16FN3O2. The molecule has 0 aromatic heterocycles. The summed E-state index contributed by atoms with van der Waals surface area (Å²) in [7, 11) is 1.80. The summed E-state index contributed by atoms with van der Waals surface area (Å²) >= 11 is 0. The molecule has 1 aromatic rings. The van der Waals surface area contributed by atoms with E-state index in [9.17, 15) is 14.5 Å². The number of halogens is 1. The van der Waals surface area contributed by atoms with Gasteiger partial charge in [0.05, 0.1) is 16.7 Å². The molecule has 1 N–H and O–H groups in total. The summed E-state index contributed by atoms with van der Waals surface area (Å²) < 4.78 is 13.8. The molecule has 0 amide bonds. The molecule has 1 atom stereocenters. The Labute approximate surface area is 105 Å². The predicted molar refractivity (Wildman–Crippen MR) is 67.3 cm³/mol. The zero-order chi connectivity index (χ0) is 13.1. The minimum atomic E-state index is -0.592. The molecule has 0 radical (unpaired) electrons. The van der Waals surface area contributed by atoms with Crippen LogP contribution in [0.1, 0.15) is 12.8 Å². The van der Waals surface area contributed by atoms with Crippen molar-refractivity contribution in [3.05, 3.63) is 34.1 Å². The molecule has 0 bridgehead atoms. The summed E-state index contributed by atoms with van der Waals surface area (Å²) in [5.74, 6) is -0.551. The van der Waals surface area contributed by atoms with Crippen molar-refractivity contribution >= 4 is 11.4 Å².